The van der Waals surface area contributed by atoms with Crippen LogP contribution in [0.15, 0.2) is 68.3 Å². The molecule has 0 atom stereocenters. The van der Waals surface area contributed by atoms with Crippen LogP contribution in [0.25, 0.3) is 11.0 Å². The maximum absolute atomic E-state index is 11.9. The van der Waals surface area contributed by atoms with Gasteiger partial charge in [-0.25, -0.2) is 4.79 Å². The average Bonchev–Trinajstić information content (AvgIpc) is 2.66. The topological polar surface area (TPSA) is 97.6 Å². The lowest BCUT2D eigenvalue weighted by atomic mass is 10.2. The van der Waals surface area contributed by atoms with Gasteiger partial charge in [0, 0.05) is 22.0 Å². The Morgan fingerprint density at radius 1 is 1.04 bits per heavy atom. The van der Waals surface area contributed by atoms with Gasteiger partial charge in [-0.2, -0.15) is 0 Å². The Balaban J connectivity index is 1.49. The number of hydrogen-bond acceptors (Lipinski definition) is 5. The second-order valence-corrected chi connectivity index (χ2v) is 6.40. The highest BCUT2D eigenvalue weighted by atomic mass is 79.9. The number of anilines is 1. The summed E-state index contributed by atoms with van der Waals surface area (Å²) in [6.07, 6.45) is 0. The molecule has 2 aromatic carbocycles. The minimum atomic E-state index is -0.464. The first-order chi connectivity index (χ1) is 13.0. The highest BCUT2D eigenvalue weighted by molar-refractivity contribution is 9.10. The first kappa shape index (κ1) is 18.7. The molecule has 1 heterocycles. The van der Waals surface area contributed by atoms with Crippen molar-refractivity contribution in [1.82, 2.24) is 5.32 Å². The molecule has 0 saturated heterocycles. The molecule has 0 saturated carbocycles. The Morgan fingerprint density at radius 3 is 2.63 bits per heavy atom. The number of nitrogens with one attached hydrogen (secondary N) is 2. The second-order valence-electron chi connectivity index (χ2n) is 5.55. The lowest BCUT2D eigenvalue weighted by Crippen LogP contribution is -2.35. The third kappa shape index (κ3) is 5.18. The number of para-hydroxylation sites is 1. The molecule has 0 aliphatic heterocycles. The average molecular weight is 431 g/mol. The zero-order valence-corrected chi connectivity index (χ0v) is 15.6. The number of rotatable bonds is 6. The Bertz CT molecular complexity index is 1050. The van der Waals surface area contributed by atoms with Gasteiger partial charge in [0.25, 0.3) is 5.91 Å². The van der Waals surface area contributed by atoms with E-state index >= 15 is 0 Å². The Labute approximate surface area is 162 Å². The van der Waals surface area contributed by atoms with Gasteiger partial charge in [-0.15, -0.1) is 0 Å². The number of ether oxygens (including phenoxy) is 1. The van der Waals surface area contributed by atoms with Crippen LogP contribution in [-0.2, 0) is 9.59 Å². The van der Waals surface area contributed by atoms with Gasteiger partial charge in [-0.3, -0.25) is 9.59 Å². The van der Waals surface area contributed by atoms with Gasteiger partial charge in [0.15, 0.2) is 6.61 Å². The number of amides is 2. The maximum Gasteiger partial charge on any atom is 0.336 e. The number of fused-ring (bicyclic) bond motifs is 1. The molecule has 3 aromatic rings. The van der Waals surface area contributed by atoms with Crippen LogP contribution >= 0.6 is 15.9 Å². The van der Waals surface area contributed by atoms with Gasteiger partial charge in [0.2, 0.25) is 5.91 Å². The first-order valence-corrected chi connectivity index (χ1v) is 8.78. The smallest absolute Gasteiger partial charge is 0.336 e. The van der Waals surface area contributed by atoms with Crippen LogP contribution in [-0.4, -0.2) is 25.0 Å². The van der Waals surface area contributed by atoms with Crippen LogP contribution in [0.5, 0.6) is 5.75 Å². The summed E-state index contributed by atoms with van der Waals surface area (Å²) in [6, 6.07) is 15.0. The lowest BCUT2D eigenvalue weighted by Gasteiger charge is -2.09. The minimum absolute atomic E-state index is 0.184. The molecule has 138 valence electrons. The van der Waals surface area contributed by atoms with E-state index < -0.39 is 11.5 Å². The molecule has 7 nitrogen and oxygen atoms in total. The lowest BCUT2D eigenvalue weighted by molar-refractivity contribution is -0.125. The molecule has 2 N–H and O–H groups in total. The van der Waals surface area contributed by atoms with E-state index in [0.717, 1.165) is 9.86 Å². The predicted molar refractivity (Wildman–Crippen MR) is 104 cm³/mol. The van der Waals surface area contributed by atoms with Crippen LogP contribution in [0.4, 0.5) is 5.69 Å². The van der Waals surface area contributed by atoms with Gasteiger partial charge in [-0.05, 0) is 46.3 Å². The summed E-state index contributed by atoms with van der Waals surface area (Å²) < 4.78 is 11.2. The van der Waals surface area contributed by atoms with E-state index in [1.54, 1.807) is 36.4 Å². The SMILES string of the molecule is O=C(COc1ccc2ccc(=O)oc2c1)NCC(=O)Nc1ccccc1Br. The van der Waals surface area contributed by atoms with E-state index in [-0.39, 0.29) is 19.1 Å². The standard InChI is InChI=1S/C19H15BrN2O5/c20-14-3-1-2-4-15(14)22-17(23)10-21-18(24)11-26-13-7-5-12-6-8-19(25)27-16(12)9-13/h1-9H,10-11H2,(H,21,24)(H,22,23). The molecule has 8 heteroatoms. The zero-order valence-electron chi connectivity index (χ0n) is 14.0. The summed E-state index contributed by atoms with van der Waals surface area (Å²) in [5.41, 5.74) is 0.521. The highest BCUT2D eigenvalue weighted by Crippen LogP contribution is 2.21. The molecule has 27 heavy (non-hydrogen) atoms. The largest absolute Gasteiger partial charge is 0.484 e. The van der Waals surface area contributed by atoms with Gasteiger partial charge < -0.3 is 19.8 Å². The quantitative estimate of drug-likeness (QED) is 0.585. The summed E-state index contributed by atoms with van der Waals surface area (Å²) in [5.74, 6) is -0.431. The van der Waals surface area contributed by atoms with Crippen molar-refractivity contribution in [3.05, 3.63) is 69.5 Å². The van der Waals surface area contributed by atoms with Gasteiger partial charge in [-0.1, -0.05) is 12.1 Å². The van der Waals surface area contributed by atoms with Gasteiger partial charge in [0.05, 0.1) is 12.2 Å². The maximum atomic E-state index is 11.9. The molecule has 0 bridgehead atoms. The summed E-state index contributed by atoms with van der Waals surface area (Å²) >= 11 is 3.33. The van der Waals surface area contributed by atoms with E-state index in [2.05, 4.69) is 26.6 Å². The fourth-order valence-corrected chi connectivity index (χ4v) is 2.65. The van der Waals surface area contributed by atoms with Crippen LogP contribution in [0.3, 0.4) is 0 Å². The molecule has 0 aliphatic carbocycles. The summed E-state index contributed by atoms with van der Waals surface area (Å²) in [5, 5.41) is 5.90. The molecule has 0 unspecified atom stereocenters. The Morgan fingerprint density at radius 2 is 1.81 bits per heavy atom. The highest BCUT2D eigenvalue weighted by Gasteiger charge is 2.09. The van der Waals surface area contributed by atoms with Crippen molar-refractivity contribution in [3.8, 4) is 5.75 Å². The molecular formula is C19H15BrN2O5. The second kappa shape index (κ2) is 8.50. The first-order valence-electron chi connectivity index (χ1n) is 7.99. The molecular weight excluding hydrogens is 416 g/mol. The number of halogens is 1. The number of hydrogen-bond donors (Lipinski definition) is 2. The van der Waals surface area contributed by atoms with Crippen molar-refractivity contribution < 1.29 is 18.7 Å². The van der Waals surface area contributed by atoms with Crippen LogP contribution in [0.2, 0.25) is 0 Å². The third-order valence-corrected chi connectivity index (χ3v) is 4.25. The van der Waals surface area contributed by atoms with Gasteiger partial charge >= 0.3 is 5.63 Å². The fraction of sp³-hybridized carbons (Fsp3) is 0.105. The van der Waals surface area contributed by atoms with E-state index in [9.17, 15) is 14.4 Å². The molecule has 3 rings (SSSR count). The van der Waals surface area contributed by atoms with Crippen LogP contribution in [0, 0.1) is 0 Å². The van der Waals surface area contributed by atoms with Crippen molar-refractivity contribution >= 4 is 44.4 Å². The number of carbonyl (C=O) groups is 2. The van der Waals surface area contributed by atoms with Crippen LogP contribution < -0.4 is 21.0 Å². The molecule has 0 aliphatic rings. The summed E-state index contributed by atoms with van der Waals surface area (Å²) in [7, 11) is 0. The number of benzene rings is 2. The van der Waals surface area contributed by atoms with Gasteiger partial charge in [0.1, 0.15) is 11.3 Å². The Hall–Kier alpha value is -3.13. The van der Waals surface area contributed by atoms with E-state index in [0.29, 0.717) is 17.0 Å². The molecule has 0 fully saturated rings. The monoisotopic (exact) mass is 430 g/mol. The fourth-order valence-electron chi connectivity index (χ4n) is 2.27. The minimum Gasteiger partial charge on any atom is -0.484 e. The van der Waals surface area contributed by atoms with Crippen molar-refractivity contribution in [3.63, 3.8) is 0 Å². The molecule has 1 aromatic heterocycles. The zero-order chi connectivity index (χ0) is 19.2. The summed E-state index contributed by atoms with van der Waals surface area (Å²) in [6.45, 7) is -0.457. The van der Waals surface area contributed by atoms with Crippen molar-refractivity contribution in [2.24, 2.45) is 0 Å². The van der Waals surface area contributed by atoms with Crippen molar-refractivity contribution in [2.45, 2.75) is 0 Å². The summed E-state index contributed by atoms with van der Waals surface area (Å²) in [4.78, 5) is 35.0. The molecule has 0 radical (unpaired) electrons. The van der Waals surface area contributed by atoms with Crippen molar-refractivity contribution in [1.29, 1.82) is 0 Å². The van der Waals surface area contributed by atoms with E-state index in [4.69, 9.17) is 9.15 Å². The van der Waals surface area contributed by atoms with E-state index in [1.165, 1.54) is 12.1 Å². The Kier molecular flexibility index (Phi) is 5.87. The normalized spacial score (nSPS) is 10.4. The predicted octanol–water partition coefficient (Wildman–Crippen LogP) is 2.69. The third-order valence-electron chi connectivity index (χ3n) is 3.56. The molecule has 2 amide bonds. The number of carbonyl (C=O) groups excluding carboxylic acids is 2. The van der Waals surface area contributed by atoms with Crippen molar-refractivity contribution in [2.75, 3.05) is 18.5 Å². The molecule has 0 spiro atoms. The van der Waals surface area contributed by atoms with Crippen LogP contribution in [0.1, 0.15) is 0 Å². The van der Waals surface area contributed by atoms with E-state index in [1.807, 2.05) is 6.07 Å².